The van der Waals surface area contributed by atoms with Gasteiger partial charge in [-0.3, -0.25) is 0 Å². The number of allylic oxidation sites excluding steroid dienone is 3. The summed E-state index contributed by atoms with van der Waals surface area (Å²) in [5, 5.41) is 6.88. The number of nitrogens with one attached hydrogen (secondary N) is 2. The molecule has 1 aromatic carbocycles. The summed E-state index contributed by atoms with van der Waals surface area (Å²) in [6, 6.07) is 6.38. The van der Waals surface area contributed by atoms with Crippen molar-refractivity contribution in [2.45, 2.75) is 60.8 Å². The van der Waals surface area contributed by atoms with E-state index in [0.717, 1.165) is 47.6 Å². The van der Waals surface area contributed by atoms with Crippen LogP contribution in [-0.2, 0) is 0 Å². The number of rotatable bonds is 10. The fourth-order valence-electron chi connectivity index (χ4n) is 2.43. The van der Waals surface area contributed by atoms with Gasteiger partial charge in [-0.1, -0.05) is 77.6 Å². The van der Waals surface area contributed by atoms with Crippen molar-refractivity contribution in [1.82, 2.24) is 5.32 Å². The molecule has 2 heteroatoms. The number of hydrogen-bond acceptors (Lipinski definition) is 2. The second-order valence-corrected chi connectivity index (χ2v) is 8.34. The molecule has 0 bridgehead atoms. The largest absolute Gasteiger partial charge is 0.385 e. The fourth-order valence-corrected chi connectivity index (χ4v) is 2.43. The van der Waals surface area contributed by atoms with E-state index >= 15 is 0 Å². The Balaban J connectivity index is 2.82. The van der Waals surface area contributed by atoms with Crippen LogP contribution >= 0.6 is 0 Å². The van der Waals surface area contributed by atoms with Crippen LogP contribution in [0.3, 0.4) is 0 Å². The van der Waals surface area contributed by atoms with Gasteiger partial charge in [-0.2, -0.15) is 0 Å². The van der Waals surface area contributed by atoms with E-state index in [2.05, 4.69) is 96.2 Å². The van der Waals surface area contributed by atoms with E-state index in [1.165, 1.54) is 17.6 Å². The Morgan fingerprint density at radius 3 is 2.41 bits per heavy atom. The zero-order chi connectivity index (χ0) is 20.6. The van der Waals surface area contributed by atoms with Crippen LogP contribution < -0.4 is 10.6 Å². The maximum absolute atomic E-state index is 4.22. The molecule has 1 rings (SSSR count). The number of anilines is 1. The van der Waals surface area contributed by atoms with Gasteiger partial charge in [0.2, 0.25) is 0 Å². The predicted octanol–water partition coefficient (Wildman–Crippen LogP) is 7.22. The van der Waals surface area contributed by atoms with Crippen LogP contribution in [-0.4, -0.2) is 6.54 Å². The average molecular weight is 367 g/mol. The first-order chi connectivity index (χ1) is 12.6. The van der Waals surface area contributed by atoms with E-state index in [-0.39, 0.29) is 5.41 Å². The van der Waals surface area contributed by atoms with E-state index in [0.29, 0.717) is 0 Å². The third-order valence-electron chi connectivity index (χ3n) is 4.93. The molecule has 1 aromatic rings. The molecule has 0 aliphatic rings. The van der Waals surface area contributed by atoms with Crippen LogP contribution in [0.15, 0.2) is 60.9 Å². The van der Waals surface area contributed by atoms with E-state index < -0.39 is 0 Å². The van der Waals surface area contributed by atoms with Crippen molar-refractivity contribution in [2.24, 2.45) is 5.41 Å². The molecule has 2 nitrogen and oxygen atoms in total. The number of hydrogen-bond donors (Lipinski definition) is 2. The summed E-state index contributed by atoms with van der Waals surface area (Å²) in [7, 11) is 0. The second-order valence-electron chi connectivity index (χ2n) is 8.34. The molecule has 0 saturated carbocycles. The highest BCUT2D eigenvalue weighted by molar-refractivity contribution is 5.69. The topological polar surface area (TPSA) is 24.1 Å². The van der Waals surface area contributed by atoms with Crippen molar-refractivity contribution in [2.75, 3.05) is 11.9 Å². The molecule has 0 amide bonds. The van der Waals surface area contributed by atoms with E-state index in [1.54, 1.807) is 0 Å². The lowest BCUT2D eigenvalue weighted by Gasteiger charge is -2.21. The highest BCUT2D eigenvalue weighted by atomic mass is 14.9. The summed E-state index contributed by atoms with van der Waals surface area (Å²) in [5.41, 5.74) is 7.74. The summed E-state index contributed by atoms with van der Waals surface area (Å²) in [5.74, 6) is 0. The van der Waals surface area contributed by atoms with Crippen molar-refractivity contribution < 1.29 is 0 Å². The Labute approximate surface area is 167 Å². The molecule has 148 valence electrons. The van der Waals surface area contributed by atoms with Crippen LogP contribution in [0, 0.1) is 12.3 Å². The van der Waals surface area contributed by atoms with Gasteiger partial charge in [0.1, 0.15) is 0 Å². The lowest BCUT2D eigenvalue weighted by molar-refractivity contribution is 0.496. The van der Waals surface area contributed by atoms with Crippen molar-refractivity contribution in [3.05, 3.63) is 72.0 Å². The van der Waals surface area contributed by atoms with Gasteiger partial charge in [0.25, 0.3) is 0 Å². The minimum Gasteiger partial charge on any atom is -0.385 e. The number of benzene rings is 1. The van der Waals surface area contributed by atoms with Gasteiger partial charge in [0, 0.05) is 23.6 Å². The molecule has 0 aliphatic carbocycles. The second kappa shape index (κ2) is 10.2. The molecule has 0 fully saturated rings. The minimum absolute atomic E-state index is 0.127. The van der Waals surface area contributed by atoms with Gasteiger partial charge >= 0.3 is 0 Å². The summed E-state index contributed by atoms with van der Waals surface area (Å²) in [6.45, 7) is 26.5. The first-order valence-corrected chi connectivity index (χ1v) is 9.91. The van der Waals surface area contributed by atoms with Crippen LogP contribution in [0.4, 0.5) is 5.69 Å². The monoisotopic (exact) mass is 366 g/mol. The van der Waals surface area contributed by atoms with Gasteiger partial charge in [-0.25, -0.2) is 0 Å². The molecule has 0 saturated heterocycles. The van der Waals surface area contributed by atoms with Crippen LogP contribution in [0.2, 0.25) is 0 Å². The molecular formula is C25H38N2. The predicted molar refractivity (Wildman–Crippen MR) is 123 cm³/mol. The highest BCUT2D eigenvalue weighted by Crippen LogP contribution is 2.28. The zero-order valence-electron chi connectivity index (χ0n) is 18.3. The molecule has 0 radical (unpaired) electrons. The van der Waals surface area contributed by atoms with E-state index in [4.69, 9.17) is 0 Å². The van der Waals surface area contributed by atoms with Gasteiger partial charge in [0.05, 0.1) is 0 Å². The first kappa shape index (κ1) is 22.8. The molecule has 0 aromatic heterocycles. The maximum atomic E-state index is 4.22. The molecule has 0 spiro atoms. The number of unbranched alkanes of at least 4 members (excludes halogenated alkanes) is 1. The summed E-state index contributed by atoms with van der Waals surface area (Å²) in [4.78, 5) is 0. The van der Waals surface area contributed by atoms with Crippen molar-refractivity contribution in [3.63, 3.8) is 0 Å². The quantitative estimate of drug-likeness (QED) is 0.259. The smallest absolute Gasteiger partial charge is 0.0420 e. The Bertz CT molecular complexity index is 714. The fraction of sp³-hybridized carbons (Fsp3) is 0.440. The van der Waals surface area contributed by atoms with Crippen LogP contribution in [0.1, 0.15) is 65.0 Å². The summed E-state index contributed by atoms with van der Waals surface area (Å²) >= 11 is 0. The van der Waals surface area contributed by atoms with Crippen molar-refractivity contribution >= 4 is 11.4 Å². The lowest BCUT2D eigenvalue weighted by Crippen LogP contribution is -2.13. The van der Waals surface area contributed by atoms with E-state index in [1.807, 2.05) is 0 Å². The Kier molecular flexibility index (Phi) is 8.62. The van der Waals surface area contributed by atoms with Gasteiger partial charge < -0.3 is 10.6 Å². The maximum Gasteiger partial charge on any atom is 0.0420 e. The molecule has 0 unspecified atom stereocenters. The average Bonchev–Trinajstić information content (AvgIpc) is 2.60. The Morgan fingerprint density at radius 1 is 1.15 bits per heavy atom. The van der Waals surface area contributed by atoms with Crippen LogP contribution in [0.25, 0.3) is 5.70 Å². The Morgan fingerprint density at radius 2 is 1.81 bits per heavy atom. The number of aryl methyl sites for hydroxylation is 1. The molecule has 0 atom stereocenters. The lowest BCUT2D eigenvalue weighted by atomic mass is 9.85. The summed E-state index contributed by atoms with van der Waals surface area (Å²) in [6.07, 6.45) is 5.39. The van der Waals surface area contributed by atoms with Crippen molar-refractivity contribution in [1.29, 1.82) is 0 Å². The zero-order valence-corrected chi connectivity index (χ0v) is 18.3. The molecule has 0 aliphatic heterocycles. The molecule has 0 heterocycles. The minimum atomic E-state index is 0.127. The standard InChI is InChI=1S/C25H38N2/c1-10-11-16-26-22(6)23-15-13-19(3)24(17-23)27-21(5)18(2)12-14-20(4)25(7,8)9/h12-13,15,17,26-27H,4-6,10-11,14,16H2,1-3,7-9H3/b18-12+. The van der Waals surface area contributed by atoms with Gasteiger partial charge in [-0.05, 0) is 54.9 Å². The van der Waals surface area contributed by atoms with Crippen molar-refractivity contribution in [3.8, 4) is 0 Å². The van der Waals surface area contributed by atoms with E-state index in [9.17, 15) is 0 Å². The molecule has 27 heavy (non-hydrogen) atoms. The summed E-state index contributed by atoms with van der Waals surface area (Å²) < 4.78 is 0. The highest BCUT2D eigenvalue weighted by Gasteiger charge is 2.13. The Hall–Kier alpha value is -2.22. The molecular weight excluding hydrogens is 328 g/mol. The SMILES string of the molecule is C=C(Nc1cc(C(=C)NCCCC)ccc1C)/C(C)=C/CC(=C)C(C)(C)C. The third-order valence-corrected chi connectivity index (χ3v) is 4.93. The first-order valence-electron chi connectivity index (χ1n) is 9.91. The van der Waals surface area contributed by atoms with Gasteiger partial charge in [-0.15, -0.1) is 0 Å². The van der Waals surface area contributed by atoms with Crippen LogP contribution in [0.5, 0.6) is 0 Å². The van der Waals surface area contributed by atoms with Gasteiger partial charge in [0.15, 0.2) is 0 Å². The normalized spacial score (nSPS) is 11.9. The third kappa shape index (κ3) is 7.50. The molecule has 2 N–H and O–H groups in total.